The number of hydrogen-bond acceptors (Lipinski definition) is 4. The summed E-state index contributed by atoms with van der Waals surface area (Å²) in [5.74, 6) is 4.73. The quantitative estimate of drug-likeness (QED) is 0.281. The minimum Gasteiger partial charge on any atom is -0.494 e. The Hall–Kier alpha value is -1.65. The number of Topliss-reactive ketones (excluding diaryl/α,β-unsaturated/α-hetero) is 1. The molecule has 4 heteroatoms. The van der Waals surface area contributed by atoms with Crippen LogP contribution in [0.2, 0.25) is 0 Å². The number of allylic oxidation sites excluding steroid dienone is 2. The fourth-order valence-corrected chi connectivity index (χ4v) is 9.98. The molecular formula is C38H61NO3. The van der Waals surface area contributed by atoms with Crippen molar-refractivity contribution in [2.45, 2.75) is 136 Å². The Labute approximate surface area is 257 Å². The van der Waals surface area contributed by atoms with Crippen molar-refractivity contribution in [1.82, 2.24) is 4.90 Å². The molecule has 1 aromatic carbocycles. The Bertz CT molecular complexity index is 1020. The number of ketones is 1. The summed E-state index contributed by atoms with van der Waals surface area (Å²) in [6.45, 7) is 7.78. The highest BCUT2D eigenvalue weighted by Gasteiger charge is 2.52. The van der Waals surface area contributed by atoms with Crippen molar-refractivity contribution in [3.05, 3.63) is 41.5 Å². The van der Waals surface area contributed by atoms with E-state index in [2.05, 4.69) is 63.1 Å². The van der Waals surface area contributed by atoms with Gasteiger partial charge in [0.25, 0.3) is 0 Å². The molecule has 4 aliphatic rings. The van der Waals surface area contributed by atoms with E-state index in [0.717, 1.165) is 56.5 Å². The SMILES string of the molecule is CCC(CC)N(C)C(CC)c1cccc(OCCC23CCCCCC2C2CCC4=CCC(=O)CCC4C2CC3)c1.CO. The van der Waals surface area contributed by atoms with Crippen molar-refractivity contribution in [3.63, 3.8) is 0 Å². The van der Waals surface area contributed by atoms with E-state index in [4.69, 9.17) is 9.84 Å². The van der Waals surface area contributed by atoms with E-state index in [1.54, 1.807) is 5.57 Å². The molecule has 3 fully saturated rings. The van der Waals surface area contributed by atoms with Crippen LogP contribution >= 0.6 is 0 Å². The second kappa shape index (κ2) is 15.9. The predicted octanol–water partition coefficient (Wildman–Crippen LogP) is 9.32. The third-order valence-corrected chi connectivity index (χ3v) is 12.1. The maximum atomic E-state index is 12.3. The smallest absolute Gasteiger partial charge is 0.136 e. The minimum absolute atomic E-state index is 0.443. The van der Waals surface area contributed by atoms with Gasteiger partial charge in [-0.15, -0.1) is 0 Å². The zero-order valence-corrected chi connectivity index (χ0v) is 27.6. The third kappa shape index (κ3) is 7.34. The van der Waals surface area contributed by atoms with E-state index >= 15 is 0 Å². The molecule has 1 aromatic rings. The maximum absolute atomic E-state index is 12.3. The number of ether oxygens (including phenoxy) is 1. The second-order valence-corrected chi connectivity index (χ2v) is 13.9. The topological polar surface area (TPSA) is 49.8 Å². The lowest BCUT2D eigenvalue weighted by Gasteiger charge is -2.55. The molecule has 42 heavy (non-hydrogen) atoms. The van der Waals surface area contributed by atoms with E-state index in [9.17, 15) is 4.79 Å². The van der Waals surface area contributed by atoms with Crippen LogP contribution in [-0.2, 0) is 4.79 Å². The molecular weight excluding hydrogens is 518 g/mol. The number of fused-ring (bicyclic) bond motifs is 5. The summed E-state index contributed by atoms with van der Waals surface area (Å²) in [5.41, 5.74) is 3.50. The van der Waals surface area contributed by atoms with E-state index in [1.807, 2.05) is 0 Å². The fraction of sp³-hybridized carbons (Fsp3) is 0.763. The first-order valence-electron chi connectivity index (χ1n) is 17.6. The number of aliphatic hydroxyl groups is 1. The lowest BCUT2D eigenvalue weighted by molar-refractivity contribution is -0.118. The van der Waals surface area contributed by atoms with E-state index < -0.39 is 0 Å². The van der Waals surface area contributed by atoms with Crippen molar-refractivity contribution in [1.29, 1.82) is 0 Å². The van der Waals surface area contributed by atoms with Gasteiger partial charge >= 0.3 is 0 Å². The molecule has 1 N–H and O–H groups in total. The molecule has 3 saturated carbocycles. The van der Waals surface area contributed by atoms with Crippen LogP contribution in [0.5, 0.6) is 5.75 Å². The Kier molecular flexibility index (Phi) is 12.6. The number of benzene rings is 1. The number of rotatable bonds is 10. The van der Waals surface area contributed by atoms with E-state index in [1.165, 1.54) is 82.6 Å². The van der Waals surface area contributed by atoms with Crippen molar-refractivity contribution in [3.8, 4) is 5.75 Å². The summed E-state index contributed by atoms with van der Waals surface area (Å²) in [4.78, 5) is 14.8. The first-order valence-corrected chi connectivity index (χ1v) is 17.6. The van der Waals surface area contributed by atoms with Gasteiger partial charge in [-0.05, 0) is 124 Å². The Morgan fingerprint density at radius 1 is 0.952 bits per heavy atom. The molecule has 4 aliphatic carbocycles. The summed E-state index contributed by atoms with van der Waals surface area (Å²) in [6.07, 6.45) is 22.1. The number of carbonyl (C=O) groups is 1. The maximum Gasteiger partial charge on any atom is 0.136 e. The standard InChI is InChI=1S/C37H57NO2.CH4O/c1-5-29(6-2)38(4)36(7-3)28-12-11-13-31(26-28)40-25-24-37-22-10-8-9-14-35(37)34-19-16-27-15-17-30(39)18-20-32(27)33(34)21-23-37;1-2/h11-13,15,26,29,32-36H,5-10,14,16-25H2,1-4H3;2H,1H3. The molecule has 236 valence electrons. The van der Waals surface area contributed by atoms with Crippen molar-refractivity contribution < 1.29 is 14.6 Å². The second-order valence-electron chi connectivity index (χ2n) is 13.9. The van der Waals surface area contributed by atoms with Gasteiger partial charge in [0.2, 0.25) is 0 Å². The predicted molar refractivity (Wildman–Crippen MR) is 175 cm³/mol. The van der Waals surface area contributed by atoms with Crippen LogP contribution in [0.3, 0.4) is 0 Å². The molecule has 0 heterocycles. The summed E-state index contributed by atoms with van der Waals surface area (Å²) in [6, 6.07) is 10.1. The zero-order chi connectivity index (χ0) is 30.1. The van der Waals surface area contributed by atoms with Crippen molar-refractivity contribution in [2.75, 3.05) is 20.8 Å². The third-order valence-electron chi connectivity index (χ3n) is 12.1. The van der Waals surface area contributed by atoms with Crippen LogP contribution in [0, 0.1) is 29.1 Å². The molecule has 4 nitrogen and oxygen atoms in total. The summed E-state index contributed by atoms with van der Waals surface area (Å²) >= 11 is 0. The molecule has 0 radical (unpaired) electrons. The molecule has 0 aliphatic heterocycles. The van der Waals surface area contributed by atoms with Crippen LogP contribution in [0.4, 0.5) is 0 Å². The molecule has 5 rings (SSSR count). The fourth-order valence-electron chi connectivity index (χ4n) is 9.98. The number of hydrogen-bond donors (Lipinski definition) is 1. The average molecular weight is 580 g/mol. The van der Waals surface area contributed by atoms with Crippen molar-refractivity contribution in [2.24, 2.45) is 29.1 Å². The highest BCUT2D eigenvalue weighted by molar-refractivity contribution is 5.80. The van der Waals surface area contributed by atoms with Gasteiger partial charge in [-0.1, -0.05) is 63.8 Å². The monoisotopic (exact) mass is 579 g/mol. The molecule has 6 atom stereocenters. The molecule has 0 spiro atoms. The minimum atomic E-state index is 0.443. The van der Waals surface area contributed by atoms with Gasteiger partial charge in [-0.2, -0.15) is 0 Å². The number of carbonyl (C=O) groups excluding carboxylic acids is 1. The Morgan fingerprint density at radius 3 is 2.52 bits per heavy atom. The first-order chi connectivity index (χ1) is 20.5. The number of aliphatic hydroxyl groups excluding tert-OH is 1. The van der Waals surface area contributed by atoms with Crippen LogP contribution < -0.4 is 4.74 Å². The first kappa shape index (κ1) is 33.2. The summed E-state index contributed by atoms with van der Waals surface area (Å²) < 4.78 is 6.61. The van der Waals surface area contributed by atoms with Crippen molar-refractivity contribution >= 4 is 5.78 Å². The lowest BCUT2D eigenvalue weighted by atomic mass is 9.50. The van der Waals surface area contributed by atoms with Crippen LogP contribution in [0.25, 0.3) is 0 Å². The summed E-state index contributed by atoms with van der Waals surface area (Å²) in [5, 5.41) is 7.00. The normalized spacial score (nSPS) is 30.1. The van der Waals surface area contributed by atoms with Gasteiger partial charge in [0.1, 0.15) is 11.5 Å². The molecule has 0 saturated heterocycles. The molecule has 0 aromatic heterocycles. The highest BCUT2D eigenvalue weighted by Crippen LogP contribution is 2.61. The van der Waals surface area contributed by atoms with Gasteiger partial charge in [0.15, 0.2) is 0 Å². The van der Waals surface area contributed by atoms with E-state index in [-0.39, 0.29) is 0 Å². The van der Waals surface area contributed by atoms with Gasteiger partial charge in [-0.3, -0.25) is 9.69 Å². The van der Waals surface area contributed by atoms with Gasteiger partial charge < -0.3 is 9.84 Å². The summed E-state index contributed by atoms with van der Waals surface area (Å²) in [7, 11) is 3.30. The Morgan fingerprint density at radius 2 is 1.76 bits per heavy atom. The van der Waals surface area contributed by atoms with Crippen LogP contribution in [0.1, 0.15) is 135 Å². The molecule has 0 amide bonds. The highest BCUT2D eigenvalue weighted by atomic mass is 16.5. The number of nitrogens with zero attached hydrogens (tertiary/aromatic N) is 1. The zero-order valence-electron chi connectivity index (χ0n) is 27.6. The Balaban J connectivity index is 0.00000198. The van der Waals surface area contributed by atoms with Gasteiger partial charge in [0.05, 0.1) is 6.61 Å². The van der Waals surface area contributed by atoms with E-state index in [0.29, 0.717) is 35.6 Å². The lowest BCUT2D eigenvalue weighted by Crippen LogP contribution is -2.47. The largest absolute Gasteiger partial charge is 0.494 e. The molecule has 6 unspecified atom stereocenters. The van der Waals surface area contributed by atoms with Gasteiger partial charge in [-0.25, -0.2) is 0 Å². The average Bonchev–Trinajstić information content (AvgIpc) is 3.35. The van der Waals surface area contributed by atoms with Gasteiger partial charge in [0, 0.05) is 32.0 Å². The van der Waals surface area contributed by atoms with Crippen LogP contribution in [-0.4, -0.2) is 42.6 Å². The van der Waals surface area contributed by atoms with Crippen LogP contribution in [0.15, 0.2) is 35.9 Å². The molecule has 0 bridgehead atoms.